The van der Waals surface area contributed by atoms with Crippen LogP contribution in [-0.2, 0) is 4.79 Å². The third-order valence-electron chi connectivity index (χ3n) is 0.647. The fourth-order valence-electron chi connectivity index (χ4n) is 0.358. The van der Waals surface area contributed by atoms with Gasteiger partial charge in [0.25, 0.3) is 6.08 Å². The zero-order chi connectivity index (χ0) is 5.82. The van der Waals surface area contributed by atoms with Crippen molar-refractivity contribution in [1.29, 1.82) is 0 Å². The fourth-order valence-corrected chi connectivity index (χ4v) is 0.358. The third kappa shape index (κ3) is 0.802. The normalized spacial score (nSPS) is 8.00. The molecule has 0 amide bonds. The Morgan fingerprint density at radius 1 is 1.75 bits per heavy atom. The summed E-state index contributed by atoms with van der Waals surface area (Å²) in [5.74, 6) is 0. The van der Waals surface area contributed by atoms with Gasteiger partial charge >= 0.3 is 0 Å². The van der Waals surface area contributed by atoms with Crippen molar-refractivity contribution in [3.8, 4) is 0 Å². The van der Waals surface area contributed by atoms with Gasteiger partial charge in [-0.05, 0) is 0 Å². The maximum atomic E-state index is 9.53. The predicted molar refractivity (Wildman–Crippen MR) is 25.7 cm³/mol. The molecule has 0 bridgehead atoms. The summed E-state index contributed by atoms with van der Waals surface area (Å²) in [6, 6.07) is 0. The molecule has 0 radical (unpaired) electrons. The van der Waals surface area contributed by atoms with Crippen LogP contribution in [0.25, 0.3) is 0 Å². The molecular formula is C4H3N3O. The first-order valence-electron chi connectivity index (χ1n) is 1.99. The van der Waals surface area contributed by atoms with Crippen LogP contribution in [0.2, 0.25) is 0 Å². The molecule has 8 heavy (non-hydrogen) atoms. The van der Waals surface area contributed by atoms with Gasteiger partial charge < -0.3 is 0 Å². The molecule has 0 spiro atoms. The first kappa shape index (κ1) is 4.74. The lowest BCUT2D eigenvalue weighted by atomic mass is 11.0. The molecule has 4 nitrogen and oxygen atoms in total. The number of rotatable bonds is 1. The molecule has 0 N–H and O–H groups in total. The molecule has 0 atom stereocenters. The molecule has 1 rings (SSSR count). The van der Waals surface area contributed by atoms with Crippen molar-refractivity contribution in [2.45, 2.75) is 0 Å². The molecule has 1 aromatic heterocycles. The summed E-state index contributed by atoms with van der Waals surface area (Å²) in [4.78, 5) is 13.2. The maximum absolute atomic E-state index is 9.53. The Morgan fingerprint density at radius 2 is 2.62 bits per heavy atom. The Kier molecular flexibility index (Phi) is 1.21. The first-order chi connectivity index (χ1) is 3.93. The molecule has 4 heteroatoms. The van der Waals surface area contributed by atoms with Gasteiger partial charge in [-0.25, -0.2) is 14.5 Å². The Balaban J connectivity index is 2.93. The van der Waals surface area contributed by atoms with E-state index in [0.29, 0.717) is 0 Å². The van der Waals surface area contributed by atoms with Crippen molar-refractivity contribution in [1.82, 2.24) is 9.66 Å². The van der Waals surface area contributed by atoms with E-state index in [9.17, 15) is 4.79 Å². The summed E-state index contributed by atoms with van der Waals surface area (Å²) in [7, 11) is 0. The molecule has 0 unspecified atom stereocenters. The Labute approximate surface area is 45.5 Å². The molecule has 40 valence electrons. The van der Waals surface area contributed by atoms with E-state index in [2.05, 4.69) is 10.1 Å². The number of imidazole rings is 1. The standard InChI is InChI=1S/C4H3N3O/c8-4-6-7-2-1-5-3-7/h1-3H. The van der Waals surface area contributed by atoms with Crippen molar-refractivity contribution in [3.05, 3.63) is 18.7 Å². The van der Waals surface area contributed by atoms with Crippen LogP contribution >= 0.6 is 0 Å². The van der Waals surface area contributed by atoms with Crippen LogP contribution in [0.3, 0.4) is 0 Å². The highest BCUT2D eigenvalue weighted by Gasteiger charge is 1.77. The Bertz CT molecular complexity index is 197. The van der Waals surface area contributed by atoms with Crippen LogP contribution in [0.1, 0.15) is 0 Å². The van der Waals surface area contributed by atoms with Gasteiger partial charge in [-0.3, -0.25) is 0 Å². The number of aromatic nitrogens is 2. The van der Waals surface area contributed by atoms with Gasteiger partial charge in [0, 0.05) is 12.4 Å². The lowest BCUT2D eigenvalue weighted by Gasteiger charge is -1.77. The summed E-state index contributed by atoms with van der Waals surface area (Å²) in [5.41, 5.74) is 0. The van der Waals surface area contributed by atoms with Crippen molar-refractivity contribution in [3.63, 3.8) is 0 Å². The van der Waals surface area contributed by atoms with Crippen molar-refractivity contribution >= 4 is 6.08 Å². The minimum absolute atomic E-state index is 1.27. The van der Waals surface area contributed by atoms with Crippen LogP contribution in [0, 0.1) is 0 Å². The summed E-state index contributed by atoms with van der Waals surface area (Å²) in [6.07, 6.45) is 5.85. The Morgan fingerprint density at radius 3 is 3.12 bits per heavy atom. The highest BCUT2D eigenvalue weighted by Crippen LogP contribution is 1.79. The molecular weight excluding hydrogens is 106 g/mol. The molecule has 1 aromatic rings. The largest absolute Gasteiger partial charge is 0.259 e. The van der Waals surface area contributed by atoms with E-state index in [4.69, 9.17) is 0 Å². The quantitative estimate of drug-likeness (QED) is 0.376. The number of nitrogens with zero attached hydrogens (tertiary/aromatic N) is 3. The SMILES string of the molecule is O=C=Nn1ccnc1. The lowest BCUT2D eigenvalue weighted by molar-refractivity contribution is 0.560. The van der Waals surface area contributed by atoms with Crippen molar-refractivity contribution in [2.75, 3.05) is 0 Å². The molecule has 0 aliphatic carbocycles. The van der Waals surface area contributed by atoms with E-state index in [1.165, 1.54) is 23.3 Å². The highest BCUT2D eigenvalue weighted by atomic mass is 16.1. The maximum Gasteiger partial charge on any atom is 0.259 e. The first-order valence-corrected chi connectivity index (χ1v) is 1.99. The van der Waals surface area contributed by atoms with E-state index >= 15 is 0 Å². The van der Waals surface area contributed by atoms with E-state index in [1.54, 1.807) is 6.20 Å². The smallest absolute Gasteiger partial charge is 0.243 e. The van der Waals surface area contributed by atoms with Crippen LogP contribution in [0.15, 0.2) is 23.8 Å². The van der Waals surface area contributed by atoms with E-state index in [-0.39, 0.29) is 0 Å². The number of hydrogen-bond donors (Lipinski definition) is 0. The average molecular weight is 109 g/mol. The van der Waals surface area contributed by atoms with Crippen LogP contribution < -0.4 is 0 Å². The lowest BCUT2D eigenvalue weighted by Crippen LogP contribution is -1.78. The predicted octanol–water partition coefficient (Wildman–Crippen LogP) is -0.0180. The second kappa shape index (κ2) is 2.04. The summed E-state index contributed by atoms with van der Waals surface area (Å²) < 4.78 is 1.27. The minimum atomic E-state index is 1.27. The number of isocyanates is 1. The molecule has 0 aliphatic heterocycles. The summed E-state index contributed by atoms with van der Waals surface area (Å²) in [5, 5.41) is 3.22. The Hall–Kier alpha value is -1.41. The molecule has 0 fully saturated rings. The monoisotopic (exact) mass is 109 g/mol. The molecule has 0 aliphatic rings. The van der Waals surface area contributed by atoms with Gasteiger partial charge in [-0.15, -0.1) is 0 Å². The van der Waals surface area contributed by atoms with Gasteiger partial charge in [0.2, 0.25) is 0 Å². The van der Waals surface area contributed by atoms with Gasteiger partial charge in [0.05, 0.1) is 0 Å². The van der Waals surface area contributed by atoms with Crippen LogP contribution in [-0.4, -0.2) is 15.7 Å². The van der Waals surface area contributed by atoms with Gasteiger partial charge in [-0.2, -0.15) is 0 Å². The zero-order valence-electron chi connectivity index (χ0n) is 3.98. The van der Waals surface area contributed by atoms with Gasteiger partial charge in [0.1, 0.15) is 6.33 Å². The second-order valence-electron chi connectivity index (χ2n) is 1.13. The average Bonchev–Trinajstić information content (AvgIpc) is 2.19. The second-order valence-corrected chi connectivity index (χ2v) is 1.13. The van der Waals surface area contributed by atoms with E-state index in [0.717, 1.165) is 0 Å². The number of hydrogen-bond acceptors (Lipinski definition) is 3. The van der Waals surface area contributed by atoms with E-state index in [1.807, 2.05) is 0 Å². The number of carbonyl (C=O) groups excluding carboxylic acids is 1. The minimum Gasteiger partial charge on any atom is -0.243 e. The summed E-state index contributed by atoms with van der Waals surface area (Å²) >= 11 is 0. The topological polar surface area (TPSA) is 47.2 Å². The van der Waals surface area contributed by atoms with Gasteiger partial charge in [0.15, 0.2) is 0 Å². The molecule has 0 saturated heterocycles. The molecule has 0 saturated carbocycles. The summed E-state index contributed by atoms with van der Waals surface area (Å²) in [6.45, 7) is 0. The van der Waals surface area contributed by atoms with Crippen LogP contribution in [0.4, 0.5) is 0 Å². The molecule has 0 aromatic carbocycles. The third-order valence-corrected chi connectivity index (χ3v) is 0.647. The fraction of sp³-hybridized carbons (Fsp3) is 0. The van der Waals surface area contributed by atoms with Crippen LogP contribution in [0.5, 0.6) is 0 Å². The molecule has 1 heterocycles. The van der Waals surface area contributed by atoms with Gasteiger partial charge in [-0.1, -0.05) is 5.10 Å². The van der Waals surface area contributed by atoms with Crippen molar-refractivity contribution in [2.24, 2.45) is 5.10 Å². The van der Waals surface area contributed by atoms with E-state index < -0.39 is 0 Å². The van der Waals surface area contributed by atoms with Crippen molar-refractivity contribution < 1.29 is 4.79 Å². The highest BCUT2D eigenvalue weighted by molar-refractivity contribution is 5.32. The zero-order valence-corrected chi connectivity index (χ0v) is 3.98.